The minimum absolute atomic E-state index is 0.149. The maximum Gasteiger partial charge on any atom is 0.248 e. The number of rotatable bonds is 3. The molecule has 6 heteroatoms. The highest BCUT2D eigenvalue weighted by atomic mass is 16.7. The van der Waals surface area contributed by atoms with E-state index in [2.05, 4.69) is 17.0 Å². The van der Waals surface area contributed by atoms with E-state index in [0.717, 1.165) is 43.1 Å². The van der Waals surface area contributed by atoms with Crippen LogP contribution in [0.25, 0.3) is 11.1 Å². The minimum atomic E-state index is -0.487. The molecular formula is C18H18N2O4. The lowest BCUT2D eigenvalue weighted by molar-refractivity contribution is 0.1000. The van der Waals surface area contributed by atoms with Gasteiger partial charge in [-0.15, -0.1) is 0 Å². The molecule has 2 heterocycles. The predicted molar refractivity (Wildman–Crippen MR) is 89.6 cm³/mol. The Kier molecular flexibility index (Phi) is 3.74. The summed E-state index contributed by atoms with van der Waals surface area (Å²) in [7, 11) is 0. The molecule has 6 nitrogen and oxygen atoms in total. The van der Waals surface area contributed by atoms with Gasteiger partial charge in [-0.1, -0.05) is 12.1 Å². The fourth-order valence-electron chi connectivity index (χ4n) is 3.04. The van der Waals surface area contributed by atoms with E-state index in [9.17, 15) is 4.79 Å². The lowest BCUT2D eigenvalue weighted by atomic mass is 10.0. The molecule has 2 aliphatic rings. The number of fused-ring (bicyclic) bond motifs is 1. The van der Waals surface area contributed by atoms with Gasteiger partial charge in [0.15, 0.2) is 11.5 Å². The molecule has 4 rings (SSSR count). The van der Waals surface area contributed by atoms with Crippen LogP contribution in [0.1, 0.15) is 10.4 Å². The van der Waals surface area contributed by atoms with E-state index < -0.39 is 5.91 Å². The van der Waals surface area contributed by atoms with Crippen LogP contribution in [0.5, 0.6) is 11.5 Å². The Balaban J connectivity index is 1.69. The molecule has 1 saturated heterocycles. The fraction of sp³-hybridized carbons (Fsp3) is 0.278. The molecule has 2 aromatic carbocycles. The van der Waals surface area contributed by atoms with Crippen molar-refractivity contribution in [1.29, 1.82) is 0 Å². The van der Waals surface area contributed by atoms with Gasteiger partial charge >= 0.3 is 0 Å². The topological polar surface area (TPSA) is 74.0 Å². The summed E-state index contributed by atoms with van der Waals surface area (Å²) >= 11 is 0. The maximum absolute atomic E-state index is 11.6. The summed E-state index contributed by atoms with van der Waals surface area (Å²) < 4.78 is 16.4. The van der Waals surface area contributed by atoms with Gasteiger partial charge in [-0.05, 0) is 29.8 Å². The number of hydrogen-bond donors (Lipinski definition) is 1. The summed E-state index contributed by atoms with van der Waals surface area (Å²) in [6.45, 7) is 3.43. The van der Waals surface area contributed by atoms with Crippen LogP contribution in [-0.4, -0.2) is 39.0 Å². The van der Waals surface area contributed by atoms with Gasteiger partial charge in [-0.2, -0.15) is 0 Å². The van der Waals surface area contributed by atoms with E-state index in [4.69, 9.17) is 19.9 Å². The van der Waals surface area contributed by atoms with Crippen LogP contribution in [0.2, 0.25) is 0 Å². The summed E-state index contributed by atoms with van der Waals surface area (Å²) in [5, 5.41) is 0. The van der Waals surface area contributed by atoms with E-state index in [1.54, 1.807) is 12.1 Å². The third-order valence-electron chi connectivity index (χ3n) is 4.31. The largest absolute Gasteiger partial charge is 0.454 e. The van der Waals surface area contributed by atoms with E-state index in [1.165, 1.54) is 0 Å². The average Bonchev–Trinajstić information content (AvgIpc) is 3.10. The van der Waals surface area contributed by atoms with Gasteiger partial charge in [0, 0.05) is 29.9 Å². The zero-order chi connectivity index (χ0) is 16.5. The number of carbonyl (C=O) groups is 1. The molecule has 0 aromatic heterocycles. The van der Waals surface area contributed by atoms with Crippen LogP contribution in [0, 0.1) is 0 Å². The number of carbonyl (C=O) groups excluding carboxylic acids is 1. The number of morpholine rings is 1. The first kappa shape index (κ1) is 14.8. The highest BCUT2D eigenvalue weighted by Gasteiger charge is 2.22. The SMILES string of the molecule is NC(=O)c1cc2c(c(-c3ccc(N4CCOCC4)cc3)c1)OCO2. The molecule has 0 radical (unpaired) electrons. The number of amides is 1. The summed E-state index contributed by atoms with van der Waals surface area (Å²) in [5.41, 5.74) is 8.75. The summed E-state index contributed by atoms with van der Waals surface area (Å²) in [5.74, 6) is 0.720. The Morgan fingerprint density at radius 2 is 1.79 bits per heavy atom. The first-order valence-electron chi connectivity index (χ1n) is 7.89. The molecule has 0 spiro atoms. The fourth-order valence-corrected chi connectivity index (χ4v) is 3.04. The lowest BCUT2D eigenvalue weighted by Gasteiger charge is -2.29. The number of nitrogens with zero attached hydrogens (tertiary/aromatic N) is 1. The smallest absolute Gasteiger partial charge is 0.248 e. The zero-order valence-electron chi connectivity index (χ0n) is 13.2. The Bertz CT molecular complexity index is 767. The lowest BCUT2D eigenvalue weighted by Crippen LogP contribution is -2.36. The van der Waals surface area contributed by atoms with Gasteiger partial charge < -0.3 is 24.8 Å². The molecule has 1 fully saturated rings. The number of hydrogen-bond acceptors (Lipinski definition) is 5. The van der Waals surface area contributed by atoms with Crippen LogP contribution in [0.4, 0.5) is 5.69 Å². The van der Waals surface area contributed by atoms with E-state index in [0.29, 0.717) is 17.1 Å². The zero-order valence-corrected chi connectivity index (χ0v) is 13.2. The molecule has 1 amide bonds. The van der Waals surface area contributed by atoms with E-state index in [1.807, 2.05) is 12.1 Å². The van der Waals surface area contributed by atoms with Crippen molar-refractivity contribution in [3.63, 3.8) is 0 Å². The van der Waals surface area contributed by atoms with Crippen LogP contribution in [0.3, 0.4) is 0 Å². The van der Waals surface area contributed by atoms with Crippen molar-refractivity contribution in [1.82, 2.24) is 0 Å². The molecule has 24 heavy (non-hydrogen) atoms. The van der Waals surface area contributed by atoms with Gasteiger partial charge in [0.05, 0.1) is 13.2 Å². The highest BCUT2D eigenvalue weighted by molar-refractivity contribution is 5.96. The summed E-state index contributed by atoms with van der Waals surface area (Å²) in [4.78, 5) is 13.8. The van der Waals surface area contributed by atoms with Crippen molar-refractivity contribution in [3.8, 4) is 22.6 Å². The Labute approximate surface area is 139 Å². The van der Waals surface area contributed by atoms with Crippen LogP contribution in [-0.2, 0) is 4.74 Å². The van der Waals surface area contributed by atoms with Crippen LogP contribution < -0.4 is 20.1 Å². The standard InChI is InChI=1S/C18H18N2O4/c19-18(21)13-9-15(17-16(10-13)23-11-24-17)12-1-3-14(4-2-12)20-5-7-22-8-6-20/h1-4,9-10H,5-8,11H2,(H2,19,21). The first-order valence-corrected chi connectivity index (χ1v) is 7.89. The summed E-state index contributed by atoms with van der Waals surface area (Å²) in [6.07, 6.45) is 0. The van der Waals surface area contributed by atoms with Crippen molar-refractivity contribution >= 4 is 11.6 Å². The van der Waals surface area contributed by atoms with Crippen LogP contribution in [0.15, 0.2) is 36.4 Å². The molecule has 0 atom stereocenters. The second-order valence-corrected chi connectivity index (χ2v) is 5.77. The third-order valence-corrected chi connectivity index (χ3v) is 4.31. The molecule has 0 saturated carbocycles. The van der Waals surface area contributed by atoms with Crippen molar-refractivity contribution in [3.05, 3.63) is 42.0 Å². The number of anilines is 1. The Hall–Kier alpha value is -2.73. The monoisotopic (exact) mass is 326 g/mol. The summed E-state index contributed by atoms with van der Waals surface area (Å²) in [6, 6.07) is 11.6. The molecule has 2 aliphatic heterocycles. The molecule has 0 bridgehead atoms. The average molecular weight is 326 g/mol. The van der Waals surface area contributed by atoms with E-state index in [-0.39, 0.29) is 6.79 Å². The second-order valence-electron chi connectivity index (χ2n) is 5.77. The maximum atomic E-state index is 11.6. The quantitative estimate of drug-likeness (QED) is 0.934. The number of primary amides is 1. The number of ether oxygens (including phenoxy) is 3. The molecule has 2 aromatic rings. The minimum Gasteiger partial charge on any atom is -0.454 e. The van der Waals surface area contributed by atoms with E-state index >= 15 is 0 Å². The molecule has 124 valence electrons. The first-order chi connectivity index (χ1) is 11.7. The Morgan fingerprint density at radius 1 is 1.04 bits per heavy atom. The highest BCUT2D eigenvalue weighted by Crippen LogP contribution is 2.42. The van der Waals surface area contributed by atoms with Gasteiger partial charge in [0.2, 0.25) is 12.7 Å². The molecule has 2 N–H and O–H groups in total. The third kappa shape index (κ3) is 2.65. The molecule has 0 unspecified atom stereocenters. The Morgan fingerprint density at radius 3 is 2.50 bits per heavy atom. The van der Waals surface area contributed by atoms with Gasteiger partial charge in [0.1, 0.15) is 0 Å². The molecule has 0 aliphatic carbocycles. The van der Waals surface area contributed by atoms with Crippen molar-refractivity contribution in [2.45, 2.75) is 0 Å². The normalized spacial score (nSPS) is 16.2. The number of benzene rings is 2. The van der Waals surface area contributed by atoms with Gasteiger partial charge in [-0.25, -0.2) is 0 Å². The van der Waals surface area contributed by atoms with Crippen molar-refractivity contribution < 1.29 is 19.0 Å². The van der Waals surface area contributed by atoms with Gasteiger partial charge in [0.25, 0.3) is 0 Å². The van der Waals surface area contributed by atoms with Gasteiger partial charge in [-0.3, -0.25) is 4.79 Å². The van der Waals surface area contributed by atoms with Crippen molar-refractivity contribution in [2.24, 2.45) is 5.73 Å². The second kappa shape index (κ2) is 6.05. The predicted octanol–water partition coefficient (Wildman–Crippen LogP) is 2.02. The molecular weight excluding hydrogens is 308 g/mol. The van der Waals surface area contributed by atoms with Crippen molar-refractivity contribution in [2.75, 3.05) is 38.0 Å². The number of nitrogens with two attached hydrogens (primary N) is 1. The van der Waals surface area contributed by atoms with Crippen LogP contribution >= 0.6 is 0 Å².